The van der Waals surface area contributed by atoms with Crippen molar-refractivity contribution in [3.05, 3.63) is 35.9 Å². The normalized spacial score (nSPS) is 21.3. The summed E-state index contributed by atoms with van der Waals surface area (Å²) in [4.78, 5) is 24.9. The Morgan fingerprint density at radius 2 is 1.77 bits per heavy atom. The molecule has 0 saturated heterocycles. The predicted octanol–water partition coefficient (Wildman–Crippen LogP) is 3.28. The Kier molecular flexibility index (Phi) is 5.99. The molecular weight excluding hydrogens is 278 g/mol. The van der Waals surface area contributed by atoms with Gasteiger partial charge in [0.15, 0.2) is 0 Å². The van der Waals surface area contributed by atoms with Crippen molar-refractivity contribution >= 4 is 11.9 Å². The fraction of sp³-hybridized carbons (Fsp3) is 0.556. The average molecular weight is 303 g/mol. The number of carboxylic acids is 1. The first kappa shape index (κ1) is 16.5. The molecule has 0 unspecified atom stereocenters. The van der Waals surface area contributed by atoms with E-state index in [0.717, 1.165) is 25.7 Å². The van der Waals surface area contributed by atoms with Gasteiger partial charge >= 0.3 is 5.97 Å². The number of hydrogen-bond donors (Lipinski definition) is 1. The number of carbonyl (C=O) groups is 2. The molecule has 0 aliphatic heterocycles. The summed E-state index contributed by atoms with van der Waals surface area (Å²) in [6.07, 6.45) is 3.91. The molecule has 0 atom stereocenters. The van der Waals surface area contributed by atoms with Crippen LogP contribution in [-0.4, -0.2) is 35.0 Å². The summed E-state index contributed by atoms with van der Waals surface area (Å²) in [5.41, 5.74) is 1.37. The molecule has 1 amide bonds. The minimum Gasteiger partial charge on any atom is -0.481 e. The maximum atomic E-state index is 12.5. The van der Waals surface area contributed by atoms with Gasteiger partial charge in [-0.3, -0.25) is 9.59 Å². The third-order valence-corrected chi connectivity index (χ3v) is 4.64. The number of nitrogens with zero attached hydrogens (tertiary/aromatic N) is 1. The average Bonchev–Trinajstić information content (AvgIpc) is 2.56. The zero-order valence-electron chi connectivity index (χ0n) is 13.2. The molecule has 0 bridgehead atoms. The van der Waals surface area contributed by atoms with Gasteiger partial charge in [0.05, 0.1) is 6.42 Å². The minimum absolute atomic E-state index is 0.0267. The second-order valence-corrected chi connectivity index (χ2v) is 6.02. The Labute approximate surface area is 132 Å². The number of hydrogen-bond acceptors (Lipinski definition) is 2. The molecule has 1 N–H and O–H groups in total. The topological polar surface area (TPSA) is 57.6 Å². The van der Waals surface area contributed by atoms with Crippen LogP contribution in [-0.2, 0) is 9.59 Å². The lowest BCUT2D eigenvalue weighted by Crippen LogP contribution is -2.38. The summed E-state index contributed by atoms with van der Waals surface area (Å²) in [5, 5.41) is 8.77. The lowest BCUT2D eigenvalue weighted by molar-refractivity contribution is -0.140. The van der Waals surface area contributed by atoms with Crippen molar-refractivity contribution in [3.8, 4) is 0 Å². The van der Waals surface area contributed by atoms with Crippen LogP contribution in [0.1, 0.15) is 50.5 Å². The number of rotatable bonds is 6. The fourth-order valence-corrected chi connectivity index (χ4v) is 3.31. The number of benzene rings is 1. The standard InChI is InChI=1S/C18H25NO3/c1-2-19(13-12-17(20)21)18(22)16-10-8-15(9-11-16)14-6-4-3-5-7-14/h3-7,15-16H,2,8-13H2,1H3,(H,20,21). The van der Waals surface area contributed by atoms with Gasteiger partial charge in [0.1, 0.15) is 0 Å². The summed E-state index contributed by atoms with van der Waals surface area (Å²) in [6, 6.07) is 10.5. The summed E-state index contributed by atoms with van der Waals surface area (Å²) < 4.78 is 0. The van der Waals surface area contributed by atoms with Crippen LogP contribution < -0.4 is 0 Å². The Bertz CT molecular complexity index is 492. The number of aliphatic carboxylic acids is 1. The van der Waals surface area contributed by atoms with E-state index in [4.69, 9.17) is 5.11 Å². The summed E-state index contributed by atoms with van der Waals surface area (Å²) >= 11 is 0. The number of amides is 1. The number of carboxylic acid groups (broad SMARTS) is 1. The molecule has 0 heterocycles. The second kappa shape index (κ2) is 7.97. The number of carbonyl (C=O) groups excluding carboxylic acids is 1. The zero-order chi connectivity index (χ0) is 15.9. The third-order valence-electron chi connectivity index (χ3n) is 4.64. The van der Waals surface area contributed by atoms with Gasteiger partial charge < -0.3 is 10.0 Å². The van der Waals surface area contributed by atoms with E-state index in [1.807, 2.05) is 13.0 Å². The van der Waals surface area contributed by atoms with Gasteiger partial charge in [-0.05, 0) is 44.1 Å². The third kappa shape index (κ3) is 4.33. The molecule has 1 aromatic carbocycles. The van der Waals surface area contributed by atoms with E-state index in [9.17, 15) is 9.59 Å². The van der Waals surface area contributed by atoms with E-state index < -0.39 is 5.97 Å². The van der Waals surface area contributed by atoms with Crippen LogP contribution in [0.15, 0.2) is 30.3 Å². The smallest absolute Gasteiger partial charge is 0.305 e. The van der Waals surface area contributed by atoms with Crippen molar-refractivity contribution < 1.29 is 14.7 Å². The van der Waals surface area contributed by atoms with Gasteiger partial charge in [0, 0.05) is 19.0 Å². The van der Waals surface area contributed by atoms with Crippen molar-refractivity contribution in [1.82, 2.24) is 4.90 Å². The monoisotopic (exact) mass is 303 g/mol. The molecule has 1 aliphatic rings. The lowest BCUT2D eigenvalue weighted by atomic mass is 9.78. The first-order valence-electron chi connectivity index (χ1n) is 8.17. The first-order chi connectivity index (χ1) is 10.6. The maximum absolute atomic E-state index is 12.5. The molecule has 1 saturated carbocycles. The van der Waals surface area contributed by atoms with E-state index >= 15 is 0 Å². The highest BCUT2D eigenvalue weighted by atomic mass is 16.4. The van der Waals surface area contributed by atoms with E-state index in [1.165, 1.54) is 5.56 Å². The van der Waals surface area contributed by atoms with E-state index in [-0.39, 0.29) is 18.2 Å². The molecule has 4 heteroatoms. The van der Waals surface area contributed by atoms with Crippen molar-refractivity contribution in [2.45, 2.75) is 44.9 Å². The first-order valence-corrected chi connectivity index (χ1v) is 8.17. The molecule has 1 aromatic rings. The van der Waals surface area contributed by atoms with Crippen molar-refractivity contribution in [3.63, 3.8) is 0 Å². The Balaban J connectivity index is 1.87. The Morgan fingerprint density at radius 3 is 2.32 bits per heavy atom. The zero-order valence-corrected chi connectivity index (χ0v) is 13.2. The fourth-order valence-electron chi connectivity index (χ4n) is 3.31. The van der Waals surface area contributed by atoms with Crippen molar-refractivity contribution in [2.24, 2.45) is 5.92 Å². The van der Waals surface area contributed by atoms with E-state index in [2.05, 4.69) is 24.3 Å². The largest absolute Gasteiger partial charge is 0.481 e. The van der Waals surface area contributed by atoms with E-state index in [0.29, 0.717) is 19.0 Å². The van der Waals surface area contributed by atoms with Gasteiger partial charge in [-0.25, -0.2) is 0 Å². The van der Waals surface area contributed by atoms with Gasteiger partial charge in [-0.15, -0.1) is 0 Å². The molecule has 0 spiro atoms. The van der Waals surface area contributed by atoms with Crippen LogP contribution in [0.3, 0.4) is 0 Å². The quantitative estimate of drug-likeness (QED) is 0.877. The molecule has 2 rings (SSSR count). The highest BCUT2D eigenvalue weighted by Crippen LogP contribution is 2.36. The predicted molar refractivity (Wildman–Crippen MR) is 85.6 cm³/mol. The summed E-state index contributed by atoms with van der Waals surface area (Å²) in [5.74, 6) is -0.0950. The van der Waals surface area contributed by atoms with Crippen LogP contribution in [0.25, 0.3) is 0 Å². The van der Waals surface area contributed by atoms with Gasteiger partial charge in [0.2, 0.25) is 5.91 Å². The highest BCUT2D eigenvalue weighted by Gasteiger charge is 2.29. The molecule has 0 radical (unpaired) electrons. The van der Waals surface area contributed by atoms with Gasteiger partial charge in [0.25, 0.3) is 0 Å². The highest BCUT2D eigenvalue weighted by molar-refractivity contribution is 5.79. The van der Waals surface area contributed by atoms with Gasteiger partial charge in [-0.1, -0.05) is 30.3 Å². The van der Waals surface area contributed by atoms with Crippen LogP contribution in [0.5, 0.6) is 0 Å². The SMILES string of the molecule is CCN(CCC(=O)O)C(=O)C1CCC(c2ccccc2)CC1. The second-order valence-electron chi connectivity index (χ2n) is 6.02. The van der Waals surface area contributed by atoms with Crippen LogP contribution in [0.2, 0.25) is 0 Å². The molecular formula is C18H25NO3. The van der Waals surface area contributed by atoms with Crippen LogP contribution in [0, 0.1) is 5.92 Å². The lowest BCUT2D eigenvalue weighted by Gasteiger charge is -2.31. The Hall–Kier alpha value is -1.84. The molecule has 0 aromatic heterocycles. The van der Waals surface area contributed by atoms with Crippen LogP contribution >= 0.6 is 0 Å². The summed E-state index contributed by atoms with van der Waals surface area (Å²) in [6.45, 7) is 2.82. The van der Waals surface area contributed by atoms with Crippen molar-refractivity contribution in [2.75, 3.05) is 13.1 Å². The molecule has 1 aliphatic carbocycles. The summed E-state index contributed by atoms with van der Waals surface area (Å²) in [7, 11) is 0. The Morgan fingerprint density at radius 1 is 1.14 bits per heavy atom. The molecule has 1 fully saturated rings. The van der Waals surface area contributed by atoms with Crippen LogP contribution in [0.4, 0.5) is 0 Å². The van der Waals surface area contributed by atoms with Gasteiger partial charge in [-0.2, -0.15) is 0 Å². The van der Waals surface area contributed by atoms with E-state index in [1.54, 1.807) is 4.90 Å². The minimum atomic E-state index is -0.848. The molecule has 120 valence electrons. The molecule has 4 nitrogen and oxygen atoms in total. The molecule has 22 heavy (non-hydrogen) atoms. The maximum Gasteiger partial charge on any atom is 0.305 e. The van der Waals surface area contributed by atoms with Crippen molar-refractivity contribution in [1.29, 1.82) is 0 Å².